The fraction of sp³-hybridized carbons (Fsp3) is 0.533. The molecule has 0 aliphatic heterocycles. The van der Waals surface area contributed by atoms with E-state index in [0.717, 1.165) is 25.9 Å². The molecule has 1 rings (SSSR count). The molecule has 100 valence electrons. The molecule has 0 spiro atoms. The molecule has 1 atom stereocenters. The monoisotopic (exact) mass is 248 g/mol. The minimum atomic E-state index is -0.0919. The van der Waals surface area contributed by atoms with Crippen LogP contribution in [0.2, 0.25) is 0 Å². The zero-order valence-electron chi connectivity index (χ0n) is 11.6. The normalized spacial score (nSPS) is 12.2. The molecule has 0 aliphatic carbocycles. The van der Waals surface area contributed by atoms with E-state index in [0.29, 0.717) is 0 Å². The molecule has 0 fully saturated rings. The molecule has 1 aromatic carbocycles. The molecule has 18 heavy (non-hydrogen) atoms. The summed E-state index contributed by atoms with van der Waals surface area (Å²) in [6.07, 6.45) is 2.11. The molecule has 0 bridgehead atoms. The maximum Gasteiger partial charge on any atom is 0.239 e. The van der Waals surface area contributed by atoms with Crippen molar-refractivity contribution in [2.45, 2.75) is 32.7 Å². The first-order valence-corrected chi connectivity index (χ1v) is 6.67. The summed E-state index contributed by atoms with van der Waals surface area (Å²) in [4.78, 5) is 13.5. The van der Waals surface area contributed by atoms with E-state index in [9.17, 15) is 4.79 Å². The second-order valence-corrected chi connectivity index (χ2v) is 4.62. The van der Waals surface area contributed by atoms with E-state index in [-0.39, 0.29) is 11.9 Å². The number of aryl methyl sites for hydroxylation is 1. The highest BCUT2D eigenvalue weighted by Crippen LogP contribution is 2.01. The number of carbonyl (C=O) groups excluding carboxylic acids is 1. The fourth-order valence-corrected chi connectivity index (χ4v) is 1.83. The molecule has 3 heteroatoms. The van der Waals surface area contributed by atoms with Gasteiger partial charge >= 0.3 is 0 Å². The third-order valence-corrected chi connectivity index (χ3v) is 3.16. The fourth-order valence-electron chi connectivity index (χ4n) is 1.83. The van der Waals surface area contributed by atoms with Crippen LogP contribution in [0.1, 0.15) is 25.8 Å². The highest BCUT2D eigenvalue weighted by Gasteiger charge is 2.14. The van der Waals surface area contributed by atoms with Crippen LogP contribution in [0.15, 0.2) is 30.3 Å². The van der Waals surface area contributed by atoms with Gasteiger partial charge in [-0.3, -0.25) is 4.79 Å². The molecule has 3 nitrogen and oxygen atoms in total. The molecule has 0 saturated heterocycles. The van der Waals surface area contributed by atoms with Crippen LogP contribution < -0.4 is 5.32 Å². The Bertz CT molecular complexity index is 351. The molecule has 1 aromatic rings. The Labute approximate surface area is 110 Å². The van der Waals surface area contributed by atoms with Gasteiger partial charge in [-0.1, -0.05) is 30.3 Å². The second-order valence-electron chi connectivity index (χ2n) is 4.62. The van der Waals surface area contributed by atoms with Crippen molar-refractivity contribution < 1.29 is 4.79 Å². The van der Waals surface area contributed by atoms with Crippen LogP contribution in [-0.4, -0.2) is 37.0 Å². The van der Waals surface area contributed by atoms with E-state index >= 15 is 0 Å². The van der Waals surface area contributed by atoms with Crippen LogP contribution >= 0.6 is 0 Å². The largest absolute Gasteiger partial charge is 0.345 e. The van der Waals surface area contributed by atoms with Gasteiger partial charge in [0.2, 0.25) is 5.91 Å². The quantitative estimate of drug-likeness (QED) is 0.749. The van der Waals surface area contributed by atoms with Crippen molar-refractivity contribution in [2.75, 3.05) is 20.1 Å². The molecular formula is C15H24N2O. The summed E-state index contributed by atoms with van der Waals surface area (Å²) in [6, 6.07) is 10.3. The Morgan fingerprint density at radius 1 is 1.33 bits per heavy atom. The molecule has 0 aliphatic rings. The molecule has 0 heterocycles. The summed E-state index contributed by atoms with van der Waals surface area (Å²) in [5.41, 5.74) is 1.35. The van der Waals surface area contributed by atoms with Gasteiger partial charge in [-0.25, -0.2) is 0 Å². The number of rotatable bonds is 7. The number of nitrogens with one attached hydrogen (secondary N) is 1. The van der Waals surface area contributed by atoms with E-state index in [1.165, 1.54) is 5.56 Å². The van der Waals surface area contributed by atoms with Crippen LogP contribution in [0.3, 0.4) is 0 Å². The predicted octanol–water partition coefficient (Wildman–Crippen LogP) is 2.08. The van der Waals surface area contributed by atoms with Crippen LogP contribution in [0.4, 0.5) is 0 Å². The van der Waals surface area contributed by atoms with Crippen molar-refractivity contribution in [3.8, 4) is 0 Å². The van der Waals surface area contributed by atoms with Gasteiger partial charge in [-0.05, 0) is 38.8 Å². The highest BCUT2D eigenvalue weighted by molar-refractivity contribution is 5.81. The Morgan fingerprint density at radius 3 is 2.61 bits per heavy atom. The molecule has 1 N–H and O–H groups in total. The molecule has 0 saturated carbocycles. The van der Waals surface area contributed by atoms with E-state index in [1.54, 1.807) is 4.90 Å². The second kappa shape index (κ2) is 7.88. The molecular weight excluding hydrogens is 224 g/mol. The van der Waals surface area contributed by atoms with Crippen LogP contribution in [0, 0.1) is 0 Å². The molecule has 1 amide bonds. The number of carbonyl (C=O) groups is 1. The van der Waals surface area contributed by atoms with Gasteiger partial charge in [-0.15, -0.1) is 0 Å². The average molecular weight is 248 g/mol. The number of hydrogen-bond acceptors (Lipinski definition) is 2. The Hall–Kier alpha value is -1.35. The minimum absolute atomic E-state index is 0.0919. The van der Waals surface area contributed by atoms with Gasteiger partial charge in [0.25, 0.3) is 0 Å². The molecule has 1 unspecified atom stereocenters. The number of hydrogen-bond donors (Lipinski definition) is 1. The van der Waals surface area contributed by atoms with Crippen LogP contribution in [0.25, 0.3) is 0 Å². The van der Waals surface area contributed by atoms with Crippen molar-refractivity contribution in [3.05, 3.63) is 35.9 Å². The maximum atomic E-state index is 11.8. The third kappa shape index (κ3) is 4.88. The number of nitrogens with zero attached hydrogens (tertiary/aromatic N) is 1. The van der Waals surface area contributed by atoms with Gasteiger partial charge in [0, 0.05) is 13.6 Å². The van der Waals surface area contributed by atoms with E-state index < -0.39 is 0 Å². The lowest BCUT2D eigenvalue weighted by atomic mass is 10.1. The summed E-state index contributed by atoms with van der Waals surface area (Å²) in [5.74, 6) is 0.164. The Morgan fingerprint density at radius 2 is 2.00 bits per heavy atom. The zero-order chi connectivity index (χ0) is 13.4. The summed E-state index contributed by atoms with van der Waals surface area (Å²) in [5, 5.41) is 3.28. The first-order chi connectivity index (χ1) is 8.65. The number of amides is 1. The van der Waals surface area contributed by atoms with Crippen molar-refractivity contribution in [2.24, 2.45) is 0 Å². The first kappa shape index (κ1) is 14.7. The Balaban J connectivity index is 2.20. The van der Waals surface area contributed by atoms with Gasteiger partial charge in [0.1, 0.15) is 0 Å². The lowest BCUT2D eigenvalue weighted by Crippen LogP contribution is -2.43. The lowest BCUT2D eigenvalue weighted by molar-refractivity contribution is -0.131. The predicted molar refractivity (Wildman–Crippen MR) is 75.5 cm³/mol. The minimum Gasteiger partial charge on any atom is -0.345 e. The summed E-state index contributed by atoms with van der Waals surface area (Å²) < 4.78 is 0. The lowest BCUT2D eigenvalue weighted by Gasteiger charge is -2.20. The van der Waals surface area contributed by atoms with Crippen LogP contribution in [-0.2, 0) is 11.2 Å². The standard InChI is InChI=1S/C15H24N2O/c1-4-17(3)15(18)13(2)16-12-8-11-14-9-6-5-7-10-14/h5-7,9-10,13,16H,4,8,11-12H2,1-3H3. The summed E-state index contributed by atoms with van der Waals surface area (Å²) in [6.45, 7) is 5.55. The Kier molecular flexibility index (Phi) is 6.44. The van der Waals surface area contributed by atoms with Gasteiger partial charge in [0.05, 0.1) is 6.04 Å². The van der Waals surface area contributed by atoms with Crippen LogP contribution in [0.5, 0.6) is 0 Å². The highest BCUT2D eigenvalue weighted by atomic mass is 16.2. The SMILES string of the molecule is CCN(C)C(=O)C(C)NCCCc1ccccc1. The van der Waals surface area contributed by atoms with Crippen molar-refractivity contribution in [3.63, 3.8) is 0 Å². The van der Waals surface area contributed by atoms with Crippen molar-refractivity contribution in [1.82, 2.24) is 10.2 Å². The number of likely N-dealkylation sites (N-methyl/N-ethyl adjacent to an activating group) is 1. The molecule has 0 aromatic heterocycles. The smallest absolute Gasteiger partial charge is 0.239 e. The van der Waals surface area contributed by atoms with Gasteiger partial charge in [0.15, 0.2) is 0 Å². The van der Waals surface area contributed by atoms with Crippen molar-refractivity contribution in [1.29, 1.82) is 0 Å². The third-order valence-electron chi connectivity index (χ3n) is 3.16. The first-order valence-electron chi connectivity index (χ1n) is 6.67. The summed E-state index contributed by atoms with van der Waals surface area (Å²) >= 11 is 0. The van der Waals surface area contributed by atoms with E-state index in [1.807, 2.05) is 27.0 Å². The average Bonchev–Trinajstić information content (AvgIpc) is 2.42. The van der Waals surface area contributed by atoms with Gasteiger partial charge < -0.3 is 10.2 Å². The van der Waals surface area contributed by atoms with Gasteiger partial charge in [-0.2, -0.15) is 0 Å². The number of benzene rings is 1. The summed E-state index contributed by atoms with van der Waals surface area (Å²) in [7, 11) is 1.84. The topological polar surface area (TPSA) is 32.3 Å². The van der Waals surface area contributed by atoms with E-state index in [4.69, 9.17) is 0 Å². The van der Waals surface area contributed by atoms with Crippen molar-refractivity contribution >= 4 is 5.91 Å². The molecule has 0 radical (unpaired) electrons. The maximum absolute atomic E-state index is 11.8. The zero-order valence-corrected chi connectivity index (χ0v) is 11.6. The van der Waals surface area contributed by atoms with E-state index in [2.05, 4.69) is 29.6 Å².